The fourth-order valence-corrected chi connectivity index (χ4v) is 1.94. The summed E-state index contributed by atoms with van der Waals surface area (Å²) in [5, 5.41) is 9.44. The molecule has 0 radical (unpaired) electrons. The lowest BCUT2D eigenvalue weighted by molar-refractivity contribution is 0.153. The van der Waals surface area contributed by atoms with Gasteiger partial charge < -0.3 is 16.6 Å². The summed E-state index contributed by atoms with van der Waals surface area (Å²) >= 11 is 0. The summed E-state index contributed by atoms with van der Waals surface area (Å²) in [6.45, 7) is 0.0645. The molecule has 1 aromatic carbocycles. The van der Waals surface area contributed by atoms with Gasteiger partial charge in [-0.25, -0.2) is 8.42 Å². The fraction of sp³-hybridized carbons (Fsp3) is 0.400. The highest BCUT2D eigenvalue weighted by atomic mass is 32.2. The maximum absolute atomic E-state index is 11.2. The minimum Gasteiger partial charge on any atom is -0.390 e. The highest BCUT2D eigenvalue weighted by molar-refractivity contribution is 7.90. The molecule has 1 rings (SSSR count). The van der Waals surface area contributed by atoms with Gasteiger partial charge in [0.1, 0.15) is 0 Å². The zero-order valence-corrected chi connectivity index (χ0v) is 9.81. The Balaban J connectivity index is 2.96. The van der Waals surface area contributed by atoms with Gasteiger partial charge in [0.15, 0.2) is 9.84 Å². The largest absolute Gasteiger partial charge is 0.390 e. The number of rotatable bonds is 4. The number of hydrogen-bond acceptors (Lipinski definition) is 5. The highest BCUT2D eigenvalue weighted by Gasteiger charge is 2.15. The number of aliphatic hydroxyl groups is 1. The molecule has 0 bridgehead atoms. The van der Waals surface area contributed by atoms with Crippen molar-refractivity contribution in [2.45, 2.75) is 17.0 Å². The second-order valence-corrected chi connectivity index (χ2v) is 5.69. The van der Waals surface area contributed by atoms with Gasteiger partial charge in [-0.05, 0) is 17.7 Å². The molecule has 0 saturated heterocycles. The minimum absolute atomic E-state index is 0.0645. The second-order valence-electron chi connectivity index (χ2n) is 3.67. The molecule has 16 heavy (non-hydrogen) atoms. The van der Waals surface area contributed by atoms with Crippen molar-refractivity contribution in [3.8, 4) is 0 Å². The molecule has 2 unspecified atom stereocenters. The third-order valence-corrected chi connectivity index (χ3v) is 3.48. The molecule has 5 N–H and O–H groups in total. The average molecular weight is 244 g/mol. The molecule has 0 aromatic heterocycles. The van der Waals surface area contributed by atoms with Gasteiger partial charge in [0.2, 0.25) is 0 Å². The molecule has 0 saturated carbocycles. The summed E-state index contributed by atoms with van der Waals surface area (Å²) in [5.74, 6) is 0. The number of aliphatic hydroxyl groups excluding tert-OH is 1. The van der Waals surface area contributed by atoms with Gasteiger partial charge in [-0.15, -0.1) is 0 Å². The molecule has 0 heterocycles. The third kappa shape index (κ3) is 3.02. The van der Waals surface area contributed by atoms with Crippen molar-refractivity contribution < 1.29 is 13.5 Å². The van der Waals surface area contributed by atoms with E-state index >= 15 is 0 Å². The summed E-state index contributed by atoms with van der Waals surface area (Å²) in [4.78, 5) is 0.227. The predicted molar refractivity (Wildman–Crippen MR) is 61.5 cm³/mol. The first-order valence-electron chi connectivity index (χ1n) is 4.80. The van der Waals surface area contributed by atoms with Gasteiger partial charge in [-0.3, -0.25) is 0 Å². The lowest BCUT2D eigenvalue weighted by Gasteiger charge is -2.17. The molecule has 0 fully saturated rings. The molecule has 0 spiro atoms. The summed E-state index contributed by atoms with van der Waals surface area (Å²) < 4.78 is 22.4. The van der Waals surface area contributed by atoms with E-state index in [1.165, 1.54) is 12.1 Å². The first-order chi connectivity index (χ1) is 7.36. The van der Waals surface area contributed by atoms with Gasteiger partial charge in [0.25, 0.3) is 0 Å². The first kappa shape index (κ1) is 13.1. The van der Waals surface area contributed by atoms with Crippen LogP contribution in [0, 0.1) is 0 Å². The Labute approximate surface area is 95.0 Å². The Kier molecular flexibility index (Phi) is 4.03. The molecule has 0 aliphatic heterocycles. The SMILES string of the molecule is CS(=O)(=O)c1ccc(C(N)C(O)CN)cc1. The number of nitrogens with two attached hydrogens (primary N) is 2. The van der Waals surface area contributed by atoms with Crippen molar-refractivity contribution in [3.63, 3.8) is 0 Å². The van der Waals surface area contributed by atoms with E-state index in [0.717, 1.165) is 6.26 Å². The van der Waals surface area contributed by atoms with Crippen LogP contribution in [0.15, 0.2) is 29.2 Å². The van der Waals surface area contributed by atoms with E-state index in [2.05, 4.69) is 0 Å². The maximum Gasteiger partial charge on any atom is 0.175 e. The number of benzene rings is 1. The zero-order valence-electron chi connectivity index (χ0n) is 9.00. The van der Waals surface area contributed by atoms with E-state index in [1.807, 2.05) is 0 Å². The van der Waals surface area contributed by atoms with E-state index in [-0.39, 0.29) is 11.4 Å². The number of sulfone groups is 1. The monoisotopic (exact) mass is 244 g/mol. The summed E-state index contributed by atoms with van der Waals surface area (Å²) in [7, 11) is -3.20. The van der Waals surface area contributed by atoms with Gasteiger partial charge in [-0.1, -0.05) is 12.1 Å². The van der Waals surface area contributed by atoms with E-state index in [0.29, 0.717) is 5.56 Å². The van der Waals surface area contributed by atoms with E-state index in [9.17, 15) is 13.5 Å². The third-order valence-electron chi connectivity index (χ3n) is 2.35. The summed E-state index contributed by atoms with van der Waals surface area (Å²) in [6.07, 6.45) is 0.306. The fourth-order valence-electron chi connectivity index (χ4n) is 1.31. The van der Waals surface area contributed by atoms with E-state index in [4.69, 9.17) is 11.5 Å². The molecule has 90 valence electrons. The quantitative estimate of drug-likeness (QED) is 0.656. The van der Waals surface area contributed by atoms with E-state index < -0.39 is 22.0 Å². The predicted octanol–water partition coefficient (Wildman–Crippen LogP) is -0.590. The van der Waals surface area contributed by atoms with Crippen LogP contribution in [0.25, 0.3) is 0 Å². The molecule has 5 nitrogen and oxygen atoms in total. The highest BCUT2D eigenvalue weighted by Crippen LogP contribution is 2.17. The Bertz CT molecular complexity index is 442. The van der Waals surface area contributed by atoms with Crippen molar-refractivity contribution in [3.05, 3.63) is 29.8 Å². The molecule has 2 atom stereocenters. The Morgan fingerprint density at radius 1 is 1.31 bits per heavy atom. The van der Waals surface area contributed by atoms with E-state index in [1.54, 1.807) is 12.1 Å². The van der Waals surface area contributed by atoms with Crippen LogP contribution in [-0.4, -0.2) is 32.4 Å². The molecule has 6 heteroatoms. The number of hydrogen-bond donors (Lipinski definition) is 3. The van der Waals surface area contributed by atoms with Crippen LogP contribution in [0.2, 0.25) is 0 Å². The topological polar surface area (TPSA) is 106 Å². The Morgan fingerprint density at radius 2 is 1.81 bits per heavy atom. The lowest BCUT2D eigenvalue weighted by atomic mass is 10.0. The molecule has 0 aliphatic carbocycles. The van der Waals surface area contributed by atoms with Crippen molar-refractivity contribution in [1.29, 1.82) is 0 Å². The van der Waals surface area contributed by atoms with Crippen molar-refractivity contribution in [1.82, 2.24) is 0 Å². The smallest absolute Gasteiger partial charge is 0.175 e. The van der Waals surface area contributed by atoms with Crippen LogP contribution in [0.4, 0.5) is 0 Å². The van der Waals surface area contributed by atoms with Crippen LogP contribution in [0.3, 0.4) is 0 Å². The Hall–Kier alpha value is -0.950. The summed E-state index contributed by atoms with van der Waals surface area (Å²) in [6, 6.07) is 5.50. The van der Waals surface area contributed by atoms with Gasteiger partial charge in [-0.2, -0.15) is 0 Å². The molecule has 0 aliphatic rings. The van der Waals surface area contributed by atoms with Gasteiger partial charge >= 0.3 is 0 Å². The van der Waals surface area contributed by atoms with Crippen LogP contribution >= 0.6 is 0 Å². The van der Waals surface area contributed by atoms with Gasteiger partial charge in [0.05, 0.1) is 17.0 Å². The minimum atomic E-state index is -3.20. The zero-order chi connectivity index (χ0) is 12.3. The molecule has 1 aromatic rings. The average Bonchev–Trinajstić information content (AvgIpc) is 2.26. The second kappa shape index (κ2) is 4.92. The normalized spacial score (nSPS) is 15.8. The maximum atomic E-state index is 11.2. The van der Waals surface area contributed by atoms with Gasteiger partial charge in [0, 0.05) is 12.8 Å². The van der Waals surface area contributed by atoms with Crippen molar-refractivity contribution >= 4 is 9.84 Å². The summed E-state index contributed by atoms with van der Waals surface area (Å²) in [5.41, 5.74) is 11.7. The van der Waals surface area contributed by atoms with Crippen molar-refractivity contribution in [2.24, 2.45) is 11.5 Å². The van der Waals surface area contributed by atoms with Crippen LogP contribution < -0.4 is 11.5 Å². The van der Waals surface area contributed by atoms with Crippen LogP contribution in [-0.2, 0) is 9.84 Å². The molecular weight excluding hydrogens is 228 g/mol. The molecular formula is C10H16N2O3S. The lowest BCUT2D eigenvalue weighted by Crippen LogP contribution is -2.32. The standard InChI is InChI=1S/C10H16N2O3S/c1-16(14,15)8-4-2-7(3-5-8)10(12)9(13)6-11/h2-5,9-10,13H,6,11-12H2,1H3. The van der Waals surface area contributed by atoms with Crippen LogP contribution in [0.1, 0.15) is 11.6 Å². The van der Waals surface area contributed by atoms with Crippen LogP contribution in [0.5, 0.6) is 0 Å². The first-order valence-corrected chi connectivity index (χ1v) is 6.69. The molecule has 0 amide bonds. The Morgan fingerprint density at radius 3 is 2.19 bits per heavy atom. The van der Waals surface area contributed by atoms with Crippen molar-refractivity contribution in [2.75, 3.05) is 12.8 Å².